The molecular formula is C19H15F3O3S. The van der Waals surface area contributed by atoms with Crippen molar-refractivity contribution in [1.29, 1.82) is 0 Å². The zero-order valence-electron chi connectivity index (χ0n) is 13.6. The minimum atomic E-state index is -4.44. The average Bonchev–Trinajstić information content (AvgIpc) is 2.64. The molecule has 1 aliphatic rings. The third kappa shape index (κ3) is 4.27. The van der Waals surface area contributed by atoms with Gasteiger partial charge in [0, 0.05) is 29.7 Å². The summed E-state index contributed by atoms with van der Waals surface area (Å²) < 4.78 is 43.1. The molecule has 0 bridgehead atoms. The van der Waals surface area contributed by atoms with Crippen LogP contribution in [0.5, 0.6) is 5.75 Å². The van der Waals surface area contributed by atoms with Crippen LogP contribution in [0.25, 0.3) is 0 Å². The maximum atomic E-state index is 12.5. The number of ether oxygens (including phenoxy) is 1. The van der Waals surface area contributed by atoms with Gasteiger partial charge in [0.2, 0.25) is 0 Å². The molecule has 3 rings (SSSR count). The van der Waals surface area contributed by atoms with Crippen molar-refractivity contribution in [2.75, 3.05) is 12.4 Å². The summed E-state index contributed by atoms with van der Waals surface area (Å²) in [5.41, 5.74) is -0.138. The number of alkyl halides is 3. The highest BCUT2D eigenvalue weighted by Crippen LogP contribution is 2.34. The van der Waals surface area contributed by atoms with E-state index < -0.39 is 11.7 Å². The number of rotatable bonds is 5. The zero-order chi connectivity index (χ0) is 18.7. The van der Waals surface area contributed by atoms with Gasteiger partial charge in [0.15, 0.2) is 11.6 Å². The predicted molar refractivity (Wildman–Crippen MR) is 92.0 cm³/mol. The molecule has 136 valence electrons. The molecule has 0 spiro atoms. The fraction of sp³-hybridized carbons (Fsp3) is 0.263. The smallest absolute Gasteiger partial charge is 0.416 e. The van der Waals surface area contributed by atoms with Gasteiger partial charge in [-0.25, -0.2) is 0 Å². The van der Waals surface area contributed by atoms with Crippen molar-refractivity contribution in [3.8, 4) is 5.75 Å². The number of carbonyl (C=O) groups excluding carboxylic acids is 2. The first kappa shape index (κ1) is 18.5. The van der Waals surface area contributed by atoms with Gasteiger partial charge in [0.05, 0.1) is 17.1 Å². The molecular weight excluding hydrogens is 365 g/mol. The summed E-state index contributed by atoms with van der Waals surface area (Å²) in [6, 6.07) is 9.18. The van der Waals surface area contributed by atoms with Crippen molar-refractivity contribution in [3.05, 3.63) is 59.2 Å². The van der Waals surface area contributed by atoms with Crippen LogP contribution < -0.4 is 4.74 Å². The van der Waals surface area contributed by atoms with Crippen molar-refractivity contribution >= 4 is 23.3 Å². The number of hydrogen-bond acceptors (Lipinski definition) is 4. The van der Waals surface area contributed by atoms with Crippen LogP contribution in [-0.2, 0) is 6.18 Å². The highest BCUT2D eigenvalue weighted by molar-refractivity contribution is 7.99. The fourth-order valence-corrected chi connectivity index (χ4v) is 3.44. The molecule has 1 aliphatic heterocycles. The molecule has 0 amide bonds. The zero-order valence-corrected chi connectivity index (χ0v) is 14.5. The van der Waals surface area contributed by atoms with Crippen molar-refractivity contribution in [2.45, 2.75) is 23.9 Å². The van der Waals surface area contributed by atoms with Crippen LogP contribution in [-0.4, -0.2) is 23.9 Å². The number of Topliss-reactive ketones (excluding diaryl/α,β-unsaturated/α-hetero) is 2. The van der Waals surface area contributed by atoms with Gasteiger partial charge < -0.3 is 4.74 Å². The summed E-state index contributed by atoms with van der Waals surface area (Å²) in [5, 5.41) is 0. The molecule has 0 aromatic heterocycles. The number of hydrogen-bond donors (Lipinski definition) is 0. The monoisotopic (exact) mass is 380 g/mol. The first-order chi connectivity index (χ1) is 12.3. The van der Waals surface area contributed by atoms with Gasteiger partial charge in [-0.3, -0.25) is 9.59 Å². The second-order valence-corrected chi connectivity index (χ2v) is 6.92. The molecule has 0 fully saturated rings. The van der Waals surface area contributed by atoms with E-state index in [0.717, 1.165) is 40.7 Å². The lowest BCUT2D eigenvalue weighted by molar-refractivity contribution is -0.137. The van der Waals surface area contributed by atoms with Crippen LogP contribution in [0.1, 0.15) is 39.1 Å². The molecule has 0 radical (unpaired) electrons. The van der Waals surface area contributed by atoms with Crippen LogP contribution in [0.15, 0.2) is 47.4 Å². The molecule has 0 atom stereocenters. The van der Waals surface area contributed by atoms with E-state index in [-0.39, 0.29) is 30.0 Å². The normalized spacial score (nSPS) is 13.7. The van der Waals surface area contributed by atoms with Crippen LogP contribution in [0.3, 0.4) is 0 Å². The minimum Gasteiger partial charge on any atom is -0.492 e. The summed E-state index contributed by atoms with van der Waals surface area (Å²) in [7, 11) is 0. The molecule has 1 heterocycles. The van der Waals surface area contributed by atoms with Crippen LogP contribution in [0.2, 0.25) is 0 Å². The fourth-order valence-electron chi connectivity index (χ4n) is 2.58. The summed E-state index contributed by atoms with van der Waals surface area (Å²) in [6.45, 7) is 0.632. The Labute approximate surface area is 152 Å². The standard InChI is InChI=1S/C19H15F3O3S/c20-19(21,22)14-4-1-12(2-5-14)15(23)6-7-16(24)13-3-8-17-18(11-13)26-10-9-25-17/h1-5,8,11H,6-7,9-10H2. The van der Waals surface area contributed by atoms with E-state index in [2.05, 4.69) is 0 Å². The lowest BCUT2D eigenvalue weighted by atomic mass is 10.0. The highest BCUT2D eigenvalue weighted by Gasteiger charge is 2.30. The van der Waals surface area contributed by atoms with Crippen LogP contribution in [0.4, 0.5) is 13.2 Å². The number of thioether (sulfide) groups is 1. The maximum Gasteiger partial charge on any atom is 0.416 e. The quantitative estimate of drug-likeness (QED) is 0.682. The number of halogens is 3. The lowest BCUT2D eigenvalue weighted by Crippen LogP contribution is -2.09. The number of fused-ring (bicyclic) bond motifs is 1. The summed E-state index contributed by atoms with van der Waals surface area (Å²) >= 11 is 1.61. The molecule has 0 saturated heterocycles. The van der Waals surface area contributed by atoms with Gasteiger partial charge in [0.25, 0.3) is 0 Å². The van der Waals surface area contributed by atoms with E-state index in [9.17, 15) is 22.8 Å². The largest absolute Gasteiger partial charge is 0.492 e. The Morgan fingerprint density at radius 1 is 0.962 bits per heavy atom. The number of carbonyl (C=O) groups is 2. The SMILES string of the molecule is O=C(CCC(=O)c1ccc2c(c1)SCCO2)c1ccc(C(F)(F)F)cc1. The molecule has 2 aromatic rings. The Bertz CT molecular complexity index is 829. The van der Waals surface area contributed by atoms with Crippen molar-refractivity contribution < 1.29 is 27.5 Å². The van der Waals surface area contributed by atoms with Gasteiger partial charge in [0.1, 0.15) is 5.75 Å². The second kappa shape index (κ2) is 7.53. The third-order valence-corrected chi connectivity index (χ3v) is 4.98. The Morgan fingerprint density at radius 2 is 1.58 bits per heavy atom. The number of ketones is 2. The third-order valence-electron chi connectivity index (χ3n) is 3.98. The summed E-state index contributed by atoms with van der Waals surface area (Å²) in [6.07, 6.45) is -4.49. The predicted octanol–water partition coefficient (Wildman–Crippen LogP) is 5.04. The first-order valence-corrected chi connectivity index (χ1v) is 8.96. The molecule has 3 nitrogen and oxygen atoms in total. The van der Waals surface area contributed by atoms with E-state index in [1.54, 1.807) is 30.0 Å². The van der Waals surface area contributed by atoms with Gasteiger partial charge in [-0.1, -0.05) is 12.1 Å². The maximum absolute atomic E-state index is 12.5. The van der Waals surface area contributed by atoms with Crippen LogP contribution >= 0.6 is 11.8 Å². The van der Waals surface area contributed by atoms with Crippen molar-refractivity contribution in [2.24, 2.45) is 0 Å². The number of benzene rings is 2. The molecule has 0 N–H and O–H groups in total. The van der Waals surface area contributed by atoms with E-state index in [4.69, 9.17) is 4.74 Å². The van der Waals surface area contributed by atoms with E-state index in [1.807, 2.05) is 0 Å². The average molecular weight is 380 g/mol. The Kier molecular flexibility index (Phi) is 5.36. The van der Waals surface area contributed by atoms with Gasteiger partial charge in [-0.2, -0.15) is 13.2 Å². The molecule has 7 heteroatoms. The lowest BCUT2D eigenvalue weighted by Gasteiger charge is -2.17. The minimum absolute atomic E-state index is 0.00413. The van der Waals surface area contributed by atoms with Crippen molar-refractivity contribution in [3.63, 3.8) is 0 Å². The van der Waals surface area contributed by atoms with Gasteiger partial charge in [-0.05, 0) is 30.3 Å². The van der Waals surface area contributed by atoms with E-state index in [1.165, 1.54) is 0 Å². The van der Waals surface area contributed by atoms with Gasteiger partial charge >= 0.3 is 6.18 Å². The van der Waals surface area contributed by atoms with E-state index in [0.29, 0.717) is 12.2 Å². The molecule has 26 heavy (non-hydrogen) atoms. The summed E-state index contributed by atoms with van der Waals surface area (Å²) in [5.74, 6) is 1.03. The second-order valence-electron chi connectivity index (χ2n) is 5.78. The Morgan fingerprint density at radius 3 is 2.23 bits per heavy atom. The highest BCUT2D eigenvalue weighted by atomic mass is 32.2. The van der Waals surface area contributed by atoms with Crippen LogP contribution in [0, 0.1) is 0 Å². The first-order valence-electron chi connectivity index (χ1n) is 7.98. The summed E-state index contributed by atoms with van der Waals surface area (Å²) in [4.78, 5) is 25.3. The topological polar surface area (TPSA) is 43.4 Å². The molecule has 0 aliphatic carbocycles. The molecule has 0 unspecified atom stereocenters. The van der Waals surface area contributed by atoms with E-state index >= 15 is 0 Å². The van der Waals surface area contributed by atoms with Gasteiger partial charge in [-0.15, -0.1) is 11.8 Å². The van der Waals surface area contributed by atoms with Crippen molar-refractivity contribution in [1.82, 2.24) is 0 Å². The molecule has 2 aromatic carbocycles. The molecule has 0 saturated carbocycles. The Hall–Kier alpha value is -2.28. The Balaban J connectivity index is 1.61.